The Hall–Kier alpha value is -1.34. The Morgan fingerprint density at radius 2 is 2.16 bits per heavy atom. The highest BCUT2D eigenvalue weighted by atomic mass is 16.5. The van der Waals surface area contributed by atoms with Gasteiger partial charge in [0.05, 0.1) is 6.61 Å². The number of urea groups is 1. The summed E-state index contributed by atoms with van der Waals surface area (Å²) in [5.41, 5.74) is 4.04. The molecule has 110 valence electrons. The van der Waals surface area contributed by atoms with Crippen LogP contribution in [0.25, 0.3) is 0 Å². The van der Waals surface area contributed by atoms with Crippen molar-refractivity contribution in [3.63, 3.8) is 0 Å². The van der Waals surface area contributed by atoms with Crippen LogP contribution in [-0.2, 0) is 9.53 Å². The normalized spacial score (nSPS) is 24.2. The van der Waals surface area contributed by atoms with Gasteiger partial charge in [0.15, 0.2) is 0 Å². The van der Waals surface area contributed by atoms with E-state index in [2.05, 4.69) is 10.6 Å². The third kappa shape index (κ3) is 5.44. The van der Waals surface area contributed by atoms with Crippen molar-refractivity contribution in [1.82, 2.24) is 10.6 Å². The maximum Gasteiger partial charge on any atom is 0.312 e. The summed E-state index contributed by atoms with van der Waals surface area (Å²) in [5, 5.41) is 15.1. The van der Waals surface area contributed by atoms with E-state index >= 15 is 0 Å². The summed E-state index contributed by atoms with van der Waals surface area (Å²) in [5.74, 6) is -0.103. The van der Waals surface area contributed by atoms with Gasteiger partial charge in [-0.25, -0.2) is 4.79 Å². The molecule has 0 radical (unpaired) electrons. The topological polar surface area (TPSA) is 114 Å². The van der Waals surface area contributed by atoms with Gasteiger partial charge in [-0.1, -0.05) is 13.8 Å². The highest BCUT2D eigenvalue weighted by Gasteiger charge is 2.33. The van der Waals surface area contributed by atoms with Crippen LogP contribution in [0.15, 0.2) is 0 Å². The minimum atomic E-state index is -1.01. The first-order chi connectivity index (χ1) is 8.82. The predicted molar refractivity (Wildman–Crippen MR) is 69.4 cm³/mol. The fourth-order valence-electron chi connectivity index (χ4n) is 1.99. The molecule has 1 saturated heterocycles. The quantitative estimate of drug-likeness (QED) is 0.514. The van der Waals surface area contributed by atoms with E-state index in [1.54, 1.807) is 0 Å². The number of hydrogen-bond donors (Lipinski definition) is 4. The summed E-state index contributed by atoms with van der Waals surface area (Å²) in [6.45, 7) is 4.70. The maximum absolute atomic E-state index is 12.0. The molecule has 3 amide bonds. The van der Waals surface area contributed by atoms with Crippen molar-refractivity contribution in [3.05, 3.63) is 0 Å². The molecule has 5 N–H and O–H groups in total. The smallest absolute Gasteiger partial charge is 0.312 e. The van der Waals surface area contributed by atoms with Crippen LogP contribution in [0.1, 0.15) is 26.7 Å². The third-order valence-electron chi connectivity index (χ3n) is 3.01. The van der Waals surface area contributed by atoms with Gasteiger partial charge in [0.2, 0.25) is 5.91 Å². The molecule has 19 heavy (non-hydrogen) atoms. The number of nitrogens with one attached hydrogen (secondary N) is 2. The molecule has 0 aliphatic carbocycles. The Kier molecular flexibility index (Phi) is 5.56. The number of hydrogen-bond acceptors (Lipinski definition) is 4. The van der Waals surface area contributed by atoms with Gasteiger partial charge in [-0.3, -0.25) is 4.79 Å². The number of nitrogens with two attached hydrogens (primary N) is 1. The van der Waals surface area contributed by atoms with Gasteiger partial charge in [0.1, 0.15) is 11.6 Å². The van der Waals surface area contributed by atoms with Crippen LogP contribution in [0.3, 0.4) is 0 Å². The number of aliphatic hydroxyl groups is 1. The van der Waals surface area contributed by atoms with E-state index < -0.39 is 17.7 Å². The standard InChI is InChI=1S/C12H23N3O4/c1-8(2)5-9(15-11(13)17)10(16)14-6-12(18)3-4-19-7-12/h8-9,18H,3-7H2,1-2H3,(H,14,16)(H3,13,15,17). The van der Waals surface area contributed by atoms with Gasteiger partial charge in [-0.15, -0.1) is 0 Å². The van der Waals surface area contributed by atoms with Gasteiger partial charge in [0.25, 0.3) is 0 Å². The number of ether oxygens (including phenoxy) is 1. The van der Waals surface area contributed by atoms with Gasteiger partial charge in [-0.05, 0) is 12.3 Å². The predicted octanol–water partition coefficient (Wildman–Crippen LogP) is -0.663. The van der Waals surface area contributed by atoms with Crippen LogP contribution in [0.4, 0.5) is 4.79 Å². The SMILES string of the molecule is CC(C)CC(NC(N)=O)C(=O)NCC1(O)CCOC1. The Morgan fingerprint density at radius 1 is 1.47 bits per heavy atom. The monoisotopic (exact) mass is 273 g/mol. The van der Waals surface area contributed by atoms with Crippen LogP contribution in [0.2, 0.25) is 0 Å². The first kappa shape index (κ1) is 15.7. The lowest BCUT2D eigenvalue weighted by Crippen LogP contribution is -2.52. The molecule has 7 nitrogen and oxygen atoms in total. The van der Waals surface area contributed by atoms with E-state index in [-0.39, 0.29) is 25.0 Å². The molecule has 1 aliphatic rings. The van der Waals surface area contributed by atoms with E-state index in [1.165, 1.54) is 0 Å². The van der Waals surface area contributed by atoms with Gasteiger partial charge in [-0.2, -0.15) is 0 Å². The van der Waals surface area contributed by atoms with Crippen molar-refractivity contribution in [2.75, 3.05) is 19.8 Å². The molecule has 0 aromatic carbocycles. The van der Waals surface area contributed by atoms with E-state index in [4.69, 9.17) is 10.5 Å². The van der Waals surface area contributed by atoms with Gasteiger partial charge < -0.3 is 26.2 Å². The van der Waals surface area contributed by atoms with Crippen molar-refractivity contribution in [3.8, 4) is 0 Å². The van der Waals surface area contributed by atoms with Crippen LogP contribution in [0.5, 0.6) is 0 Å². The number of primary amides is 1. The molecular weight excluding hydrogens is 250 g/mol. The molecule has 0 saturated carbocycles. The van der Waals surface area contributed by atoms with Crippen molar-refractivity contribution >= 4 is 11.9 Å². The average Bonchev–Trinajstić information content (AvgIpc) is 2.71. The Balaban J connectivity index is 2.48. The molecule has 1 rings (SSSR count). The lowest BCUT2D eigenvalue weighted by atomic mass is 10.0. The van der Waals surface area contributed by atoms with E-state index in [0.717, 1.165) is 0 Å². The number of rotatable bonds is 6. The first-order valence-electron chi connectivity index (χ1n) is 6.46. The molecule has 1 fully saturated rings. The van der Waals surface area contributed by atoms with Gasteiger partial charge in [0, 0.05) is 19.6 Å². The van der Waals surface area contributed by atoms with Crippen LogP contribution in [-0.4, -0.2) is 48.4 Å². The van der Waals surface area contributed by atoms with E-state index in [1.807, 2.05) is 13.8 Å². The van der Waals surface area contributed by atoms with Crippen molar-refractivity contribution in [1.29, 1.82) is 0 Å². The zero-order chi connectivity index (χ0) is 14.5. The molecule has 1 aliphatic heterocycles. The van der Waals surface area contributed by atoms with Crippen LogP contribution >= 0.6 is 0 Å². The molecule has 0 bridgehead atoms. The number of carbonyl (C=O) groups excluding carboxylic acids is 2. The largest absolute Gasteiger partial charge is 0.386 e. The maximum atomic E-state index is 12.0. The highest BCUT2D eigenvalue weighted by Crippen LogP contribution is 2.17. The average molecular weight is 273 g/mol. The second-order valence-electron chi connectivity index (χ2n) is 5.44. The Morgan fingerprint density at radius 3 is 2.63 bits per heavy atom. The summed E-state index contributed by atoms with van der Waals surface area (Å²) >= 11 is 0. The highest BCUT2D eigenvalue weighted by molar-refractivity contribution is 5.86. The molecule has 2 unspecified atom stereocenters. The second-order valence-corrected chi connectivity index (χ2v) is 5.44. The lowest BCUT2D eigenvalue weighted by molar-refractivity contribution is -0.124. The summed E-state index contributed by atoms with van der Waals surface area (Å²) in [7, 11) is 0. The summed E-state index contributed by atoms with van der Waals surface area (Å²) in [6, 6.07) is -1.41. The lowest BCUT2D eigenvalue weighted by Gasteiger charge is -2.24. The summed E-state index contributed by atoms with van der Waals surface area (Å²) in [4.78, 5) is 22.9. The minimum absolute atomic E-state index is 0.112. The van der Waals surface area contributed by atoms with E-state index in [9.17, 15) is 14.7 Å². The van der Waals surface area contributed by atoms with Crippen molar-refractivity contribution in [2.24, 2.45) is 11.7 Å². The minimum Gasteiger partial charge on any atom is -0.386 e. The number of carbonyl (C=O) groups is 2. The Labute approximate surface area is 112 Å². The van der Waals surface area contributed by atoms with Crippen molar-refractivity contribution < 1.29 is 19.4 Å². The molecule has 1 heterocycles. The van der Waals surface area contributed by atoms with Crippen molar-refractivity contribution in [2.45, 2.75) is 38.3 Å². The molecule has 0 aromatic heterocycles. The number of amides is 3. The molecule has 0 aromatic rings. The molecule has 0 spiro atoms. The summed E-state index contributed by atoms with van der Waals surface area (Å²) < 4.78 is 5.09. The zero-order valence-corrected chi connectivity index (χ0v) is 11.4. The Bertz CT molecular complexity index is 327. The van der Waals surface area contributed by atoms with Gasteiger partial charge >= 0.3 is 6.03 Å². The zero-order valence-electron chi connectivity index (χ0n) is 11.4. The molecule has 7 heteroatoms. The second kappa shape index (κ2) is 6.72. The fraction of sp³-hybridized carbons (Fsp3) is 0.833. The van der Waals surface area contributed by atoms with E-state index in [0.29, 0.717) is 19.4 Å². The summed E-state index contributed by atoms with van der Waals surface area (Å²) in [6.07, 6.45) is 0.981. The first-order valence-corrected chi connectivity index (χ1v) is 6.46. The third-order valence-corrected chi connectivity index (χ3v) is 3.01. The van der Waals surface area contributed by atoms with Crippen LogP contribution < -0.4 is 16.4 Å². The van der Waals surface area contributed by atoms with Crippen LogP contribution in [0, 0.1) is 5.92 Å². The molecular formula is C12H23N3O4. The molecule has 2 atom stereocenters. The fourth-order valence-corrected chi connectivity index (χ4v) is 1.99.